The van der Waals surface area contributed by atoms with Crippen molar-refractivity contribution < 1.29 is 0 Å². The van der Waals surface area contributed by atoms with Crippen molar-refractivity contribution in [3.8, 4) is 0 Å². The Labute approximate surface area is 209 Å². The highest BCUT2D eigenvalue weighted by atomic mass is 28.3. The third kappa shape index (κ3) is 3.34. The van der Waals surface area contributed by atoms with E-state index in [1.165, 1.54) is 31.3 Å². The molecule has 6 rings (SSSR count). The minimum atomic E-state index is -1.60. The van der Waals surface area contributed by atoms with Gasteiger partial charge >= 0.3 is 0 Å². The molecule has 1 nitrogen and oxygen atoms in total. The summed E-state index contributed by atoms with van der Waals surface area (Å²) in [6, 6.07) is 1.29. The first-order valence-corrected chi connectivity index (χ1v) is 17.4. The summed E-state index contributed by atoms with van der Waals surface area (Å²) in [6.07, 6.45) is 33.1. The lowest BCUT2D eigenvalue weighted by Crippen LogP contribution is -2.46. The van der Waals surface area contributed by atoms with Crippen LogP contribution in [0.1, 0.15) is 39.5 Å². The number of nitrogens with zero attached hydrogens (tertiary/aromatic N) is 1. The van der Waals surface area contributed by atoms with Crippen LogP contribution in [0.15, 0.2) is 72.4 Å². The zero-order valence-corrected chi connectivity index (χ0v) is 23.0. The number of hydrogen-bond donors (Lipinski definition) is 0. The largest absolute Gasteiger partial charge is 0.296 e. The zero-order valence-electron chi connectivity index (χ0n) is 22.0. The maximum Gasteiger partial charge on any atom is 0.0551 e. The Kier molecular flexibility index (Phi) is 5.85. The zero-order chi connectivity index (χ0) is 23.6. The Morgan fingerprint density at radius 1 is 0.882 bits per heavy atom. The molecule has 0 amide bonds. The van der Waals surface area contributed by atoms with Gasteiger partial charge in [-0.15, -0.1) is 0 Å². The number of fused-ring (bicyclic) bond motifs is 6. The van der Waals surface area contributed by atoms with Crippen LogP contribution in [0.3, 0.4) is 0 Å². The van der Waals surface area contributed by atoms with Gasteiger partial charge in [0.1, 0.15) is 0 Å². The molecule has 0 aromatic heterocycles. The third-order valence-corrected chi connectivity index (χ3v) is 16.2. The molecule has 0 spiro atoms. The van der Waals surface area contributed by atoms with E-state index in [1.807, 2.05) is 0 Å². The molecule has 6 aliphatic rings. The molecule has 0 N–H and O–H groups in total. The van der Waals surface area contributed by atoms with Crippen molar-refractivity contribution in [2.24, 2.45) is 41.4 Å². The minimum Gasteiger partial charge on any atom is -0.296 e. The van der Waals surface area contributed by atoms with Gasteiger partial charge in [0, 0.05) is 18.0 Å². The fraction of sp³-hybridized carbons (Fsp3) is 0.625. The van der Waals surface area contributed by atoms with Crippen LogP contribution >= 0.6 is 0 Å². The second-order valence-corrected chi connectivity index (χ2v) is 18.1. The van der Waals surface area contributed by atoms with Gasteiger partial charge in [-0.1, -0.05) is 105 Å². The molecule has 11 unspecified atom stereocenters. The number of likely N-dealkylation sites (N-methyl/N-ethyl adjacent to an activating group) is 1. The third-order valence-electron chi connectivity index (χ3n) is 11.2. The van der Waals surface area contributed by atoms with Gasteiger partial charge in [-0.3, -0.25) is 4.90 Å². The number of hydrogen-bond acceptors (Lipinski definition) is 1. The summed E-state index contributed by atoms with van der Waals surface area (Å²) in [7, 11) is 0.834. The lowest BCUT2D eigenvalue weighted by atomic mass is 9.82. The van der Waals surface area contributed by atoms with Gasteiger partial charge < -0.3 is 0 Å². The van der Waals surface area contributed by atoms with Gasteiger partial charge in [0.25, 0.3) is 0 Å². The Balaban J connectivity index is 1.39. The summed E-state index contributed by atoms with van der Waals surface area (Å²) < 4.78 is 0. The highest BCUT2D eigenvalue weighted by molar-refractivity contribution is 6.80. The van der Waals surface area contributed by atoms with Gasteiger partial charge in [-0.2, -0.15) is 0 Å². The van der Waals surface area contributed by atoms with E-state index in [1.54, 1.807) is 0 Å². The van der Waals surface area contributed by atoms with E-state index in [0.29, 0.717) is 23.9 Å². The van der Waals surface area contributed by atoms with Crippen molar-refractivity contribution in [2.45, 2.75) is 75.8 Å². The van der Waals surface area contributed by atoms with Gasteiger partial charge in [0.15, 0.2) is 0 Å². The fourth-order valence-corrected chi connectivity index (χ4v) is 15.3. The molecule has 0 bridgehead atoms. The summed E-state index contributed by atoms with van der Waals surface area (Å²) in [5.74, 6) is 5.40. The maximum atomic E-state index is 2.82. The van der Waals surface area contributed by atoms with Crippen molar-refractivity contribution in [3.05, 3.63) is 72.4 Å². The van der Waals surface area contributed by atoms with E-state index < -0.39 is 8.07 Å². The van der Waals surface area contributed by atoms with Gasteiger partial charge in [0.2, 0.25) is 0 Å². The molecule has 1 aliphatic heterocycles. The quantitative estimate of drug-likeness (QED) is 0.370. The summed E-state index contributed by atoms with van der Waals surface area (Å²) in [5.41, 5.74) is 3.26. The Morgan fingerprint density at radius 2 is 1.56 bits per heavy atom. The van der Waals surface area contributed by atoms with Crippen LogP contribution in [0.4, 0.5) is 0 Å². The molecule has 5 aliphatic carbocycles. The predicted molar refractivity (Wildman–Crippen MR) is 148 cm³/mol. The molecule has 1 heterocycles. The lowest BCUT2D eigenvalue weighted by molar-refractivity contribution is 0.219. The molecule has 0 aromatic carbocycles. The molecular formula is C32H45NSi. The molecule has 11 atom stereocenters. The monoisotopic (exact) mass is 471 g/mol. The number of unbranched alkanes of at least 4 members (excludes halogenated alkanes) is 1. The summed E-state index contributed by atoms with van der Waals surface area (Å²) in [5, 5.41) is 0. The Hall–Kier alpha value is -1.38. The first kappa shape index (κ1) is 23.0. The molecular weight excluding hydrogens is 426 g/mol. The molecule has 0 aromatic rings. The van der Waals surface area contributed by atoms with Crippen LogP contribution in [0.5, 0.6) is 0 Å². The summed E-state index contributed by atoms with van der Waals surface area (Å²) in [6.45, 7) is 10.3. The second kappa shape index (κ2) is 8.63. The molecule has 2 saturated carbocycles. The lowest BCUT2D eigenvalue weighted by Gasteiger charge is -2.45. The van der Waals surface area contributed by atoms with E-state index in [2.05, 4.69) is 106 Å². The number of allylic oxidation sites excluding steroid dienone is 9. The van der Waals surface area contributed by atoms with Gasteiger partial charge in [-0.05, 0) is 73.4 Å². The van der Waals surface area contributed by atoms with E-state index in [-0.39, 0.29) is 0 Å². The molecule has 182 valence electrons. The molecule has 1 saturated heterocycles. The minimum absolute atomic E-state index is 0.595. The predicted octanol–water partition coefficient (Wildman–Crippen LogP) is 7.81. The molecule has 2 heteroatoms. The number of likely N-dealkylation sites (tertiary alicyclic amines) is 1. The normalized spacial score (nSPS) is 46.4. The van der Waals surface area contributed by atoms with E-state index >= 15 is 0 Å². The average Bonchev–Trinajstić information content (AvgIpc) is 3.47. The fourth-order valence-electron chi connectivity index (χ4n) is 9.83. The van der Waals surface area contributed by atoms with Crippen LogP contribution in [-0.4, -0.2) is 32.1 Å². The van der Waals surface area contributed by atoms with E-state index in [9.17, 15) is 0 Å². The van der Waals surface area contributed by atoms with Crippen molar-refractivity contribution in [3.63, 3.8) is 0 Å². The van der Waals surface area contributed by atoms with Crippen LogP contribution in [-0.2, 0) is 0 Å². The second-order valence-electron chi connectivity index (χ2n) is 13.0. The average molecular weight is 472 g/mol. The molecule has 34 heavy (non-hydrogen) atoms. The maximum absolute atomic E-state index is 2.82. The highest BCUT2D eigenvalue weighted by Crippen LogP contribution is 2.66. The number of rotatable bonds is 5. The van der Waals surface area contributed by atoms with Crippen LogP contribution in [0.2, 0.25) is 24.2 Å². The van der Waals surface area contributed by atoms with Crippen molar-refractivity contribution in [1.82, 2.24) is 4.90 Å². The van der Waals surface area contributed by atoms with Gasteiger partial charge in [-0.25, -0.2) is 0 Å². The Morgan fingerprint density at radius 3 is 2.29 bits per heavy atom. The molecule has 3 fully saturated rings. The standard InChI is InChI=1S/C32H45NSi/c1-6-7-12-22-20-29(24-14-9-8-13-23(22)24)34(4,5)32-26-16-11-10-15-25(26)31-30(32)27-19-21(2)17-18-28(27)33(31)3/h8-11,13-19,22-32H,6-7,12,20H2,1-5H3. The highest BCUT2D eigenvalue weighted by Gasteiger charge is 2.65. The van der Waals surface area contributed by atoms with Gasteiger partial charge in [0.05, 0.1) is 8.07 Å². The van der Waals surface area contributed by atoms with E-state index in [4.69, 9.17) is 0 Å². The Bertz CT molecular complexity index is 979. The van der Waals surface area contributed by atoms with Crippen LogP contribution in [0.25, 0.3) is 0 Å². The summed E-state index contributed by atoms with van der Waals surface area (Å²) in [4.78, 5) is 2.78. The van der Waals surface area contributed by atoms with Crippen LogP contribution < -0.4 is 0 Å². The van der Waals surface area contributed by atoms with Crippen molar-refractivity contribution in [2.75, 3.05) is 7.05 Å². The smallest absolute Gasteiger partial charge is 0.0551 e. The van der Waals surface area contributed by atoms with E-state index in [0.717, 1.165) is 40.7 Å². The van der Waals surface area contributed by atoms with Crippen molar-refractivity contribution in [1.29, 1.82) is 0 Å². The van der Waals surface area contributed by atoms with Crippen LogP contribution in [0, 0.1) is 41.4 Å². The van der Waals surface area contributed by atoms with Crippen molar-refractivity contribution >= 4 is 8.07 Å². The molecule has 0 radical (unpaired) electrons. The topological polar surface area (TPSA) is 3.24 Å². The SMILES string of the molecule is CCCCC1CC([Si](C)(C)C2C3C=CC=CC3C3C2C2C=C(C)C=CC2N3C)C2C=CC=CC12. The summed E-state index contributed by atoms with van der Waals surface area (Å²) >= 11 is 0. The first-order chi connectivity index (χ1) is 16.4. The first-order valence-electron chi connectivity index (χ1n) is 14.2.